The summed E-state index contributed by atoms with van der Waals surface area (Å²) in [5.41, 5.74) is 4.72. The Labute approximate surface area is 165 Å². The van der Waals surface area contributed by atoms with E-state index < -0.39 is 5.97 Å². The molecule has 144 valence electrons. The van der Waals surface area contributed by atoms with E-state index in [2.05, 4.69) is 19.6 Å². The van der Waals surface area contributed by atoms with Crippen molar-refractivity contribution in [3.05, 3.63) is 71.0 Å². The number of methoxy groups -OCH3 is 1. The van der Waals surface area contributed by atoms with Gasteiger partial charge < -0.3 is 14.6 Å². The number of fused-ring (bicyclic) bond motifs is 3. The van der Waals surface area contributed by atoms with Crippen molar-refractivity contribution in [3.8, 4) is 22.6 Å². The van der Waals surface area contributed by atoms with E-state index in [0.29, 0.717) is 28.2 Å². The van der Waals surface area contributed by atoms with Gasteiger partial charge >= 0.3 is 5.97 Å². The predicted octanol–water partition coefficient (Wildman–Crippen LogP) is 5.50. The third kappa shape index (κ3) is 2.89. The molecule has 0 unspecified atom stereocenters. The van der Waals surface area contributed by atoms with E-state index in [1.54, 1.807) is 6.07 Å². The van der Waals surface area contributed by atoms with Gasteiger partial charge in [-0.2, -0.15) is 0 Å². The van der Waals surface area contributed by atoms with Crippen LogP contribution in [0.2, 0.25) is 0 Å². The maximum absolute atomic E-state index is 12.8. The highest BCUT2D eigenvalue weighted by molar-refractivity contribution is 6.01. The van der Waals surface area contributed by atoms with Crippen LogP contribution in [0.25, 0.3) is 11.1 Å². The van der Waals surface area contributed by atoms with Crippen molar-refractivity contribution in [2.24, 2.45) is 5.92 Å². The molecule has 0 spiro atoms. The summed E-state index contributed by atoms with van der Waals surface area (Å²) in [6, 6.07) is 9.44. The molecular weight excluding hydrogens is 352 g/mol. The van der Waals surface area contributed by atoms with Crippen molar-refractivity contribution < 1.29 is 19.4 Å². The van der Waals surface area contributed by atoms with Gasteiger partial charge in [-0.3, -0.25) is 0 Å². The van der Waals surface area contributed by atoms with Gasteiger partial charge in [0, 0.05) is 23.0 Å². The Bertz CT molecular complexity index is 1020. The molecule has 2 aliphatic rings. The summed E-state index contributed by atoms with van der Waals surface area (Å²) in [6.45, 7) is 8.18. The molecule has 0 saturated heterocycles. The van der Waals surface area contributed by atoms with E-state index in [-0.39, 0.29) is 17.6 Å². The molecular formula is C24H24O4. The summed E-state index contributed by atoms with van der Waals surface area (Å²) >= 11 is 0. The van der Waals surface area contributed by atoms with Gasteiger partial charge in [0.05, 0.1) is 7.11 Å². The van der Waals surface area contributed by atoms with Crippen LogP contribution in [-0.4, -0.2) is 18.2 Å². The van der Waals surface area contributed by atoms with Crippen LogP contribution in [-0.2, 0) is 4.74 Å². The van der Waals surface area contributed by atoms with Gasteiger partial charge in [-0.15, -0.1) is 0 Å². The minimum atomic E-state index is -0.490. The molecule has 0 saturated carbocycles. The zero-order valence-corrected chi connectivity index (χ0v) is 16.4. The van der Waals surface area contributed by atoms with Crippen LogP contribution in [0.15, 0.2) is 54.3 Å². The highest BCUT2D eigenvalue weighted by Gasteiger charge is 2.40. The lowest BCUT2D eigenvalue weighted by Crippen LogP contribution is -2.27. The number of phenolic OH excluding ortho intramolecular Hbond substituents is 1. The van der Waals surface area contributed by atoms with Crippen LogP contribution < -0.4 is 4.74 Å². The largest absolute Gasteiger partial charge is 0.507 e. The van der Waals surface area contributed by atoms with Gasteiger partial charge in [-0.1, -0.05) is 48.1 Å². The zero-order chi connectivity index (χ0) is 20.0. The van der Waals surface area contributed by atoms with E-state index >= 15 is 0 Å². The highest BCUT2D eigenvalue weighted by Crippen LogP contribution is 2.53. The number of ether oxygens (including phenoxy) is 2. The highest BCUT2D eigenvalue weighted by atomic mass is 16.5. The fraction of sp³-hybridized carbons (Fsp3) is 0.292. The molecule has 0 aromatic heterocycles. The lowest BCUT2D eigenvalue weighted by Gasteiger charge is -2.37. The molecule has 0 bridgehead atoms. The zero-order valence-electron chi connectivity index (χ0n) is 16.4. The monoisotopic (exact) mass is 376 g/mol. The molecule has 2 atom stereocenters. The van der Waals surface area contributed by atoms with Crippen molar-refractivity contribution in [2.45, 2.75) is 32.6 Å². The number of hydrogen-bond donors (Lipinski definition) is 1. The minimum absolute atomic E-state index is 0.0556. The fourth-order valence-electron chi connectivity index (χ4n) is 4.35. The summed E-state index contributed by atoms with van der Waals surface area (Å²) < 4.78 is 11.2. The number of allylic oxidation sites excluding steroid dienone is 3. The van der Waals surface area contributed by atoms with Crippen molar-refractivity contribution in [1.29, 1.82) is 0 Å². The Morgan fingerprint density at radius 2 is 2.07 bits per heavy atom. The molecule has 4 nitrogen and oxygen atoms in total. The smallest absolute Gasteiger partial charge is 0.342 e. The van der Waals surface area contributed by atoms with Crippen LogP contribution >= 0.6 is 0 Å². The van der Waals surface area contributed by atoms with Crippen LogP contribution in [0.4, 0.5) is 0 Å². The first kappa shape index (κ1) is 18.4. The standard InChI is InChI=1S/C24H24O4/c1-13-6-5-7-16(10-13)18-12-20(25)21-19-11-14(2)8-9-17(19)15(3)28-23(21)22(18)24(26)27-4/h5-7,10-12,17,19,25H,3,8-9H2,1-2,4H3/t17-,19+/m0/s1. The number of carbonyl (C=O) groups excluding carboxylic acids is 1. The lowest BCUT2D eigenvalue weighted by atomic mass is 9.73. The van der Waals surface area contributed by atoms with Gasteiger partial charge in [0.25, 0.3) is 0 Å². The molecule has 1 aliphatic heterocycles. The van der Waals surface area contributed by atoms with Crippen molar-refractivity contribution in [2.75, 3.05) is 7.11 Å². The van der Waals surface area contributed by atoms with Crippen molar-refractivity contribution in [1.82, 2.24) is 0 Å². The first-order chi connectivity index (χ1) is 13.4. The number of rotatable bonds is 2. The Balaban J connectivity index is 2.02. The van der Waals surface area contributed by atoms with Gasteiger partial charge in [0.2, 0.25) is 0 Å². The van der Waals surface area contributed by atoms with Crippen molar-refractivity contribution >= 4 is 5.97 Å². The number of phenols is 1. The second-order valence-corrected chi connectivity index (χ2v) is 7.67. The molecule has 4 rings (SSSR count). The average Bonchev–Trinajstić information content (AvgIpc) is 2.66. The van der Waals surface area contributed by atoms with Crippen LogP contribution in [0.3, 0.4) is 0 Å². The fourth-order valence-corrected chi connectivity index (χ4v) is 4.35. The molecule has 28 heavy (non-hydrogen) atoms. The minimum Gasteiger partial charge on any atom is -0.507 e. The van der Waals surface area contributed by atoms with E-state index in [1.165, 1.54) is 12.7 Å². The number of esters is 1. The van der Waals surface area contributed by atoms with E-state index in [9.17, 15) is 9.90 Å². The van der Waals surface area contributed by atoms with E-state index in [0.717, 1.165) is 24.0 Å². The van der Waals surface area contributed by atoms with Crippen LogP contribution in [0, 0.1) is 12.8 Å². The molecule has 0 amide bonds. The summed E-state index contributed by atoms with van der Waals surface area (Å²) in [5, 5.41) is 11.0. The third-order valence-electron chi connectivity index (χ3n) is 5.74. The van der Waals surface area contributed by atoms with Crippen LogP contribution in [0.1, 0.15) is 47.2 Å². The second-order valence-electron chi connectivity index (χ2n) is 7.67. The van der Waals surface area contributed by atoms with Gasteiger partial charge in [-0.05, 0) is 38.3 Å². The first-order valence-electron chi connectivity index (χ1n) is 9.50. The Hall–Kier alpha value is -3.01. The predicted molar refractivity (Wildman–Crippen MR) is 109 cm³/mol. The number of aromatic hydroxyl groups is 1. The van der Waals surface area contributed by atoms with Crippen LogP contribution in [0.5, 0.6) is 11.5 Å². The number of carbonyl (C=O) groups is 1. The first-order valence-corrected chi connectivity index (χ1v) is 9.50. The molecule has 2 aromatic carbocycles. The Morgan fingerprint density at radius 1 is 1.29 bits per heavy atom. The number of benzene rings is 2. The van der Waals surface area contributed by atoms with Gasteiger partial charge in [0.15, 0.2) is 0 Å². The normalized spacial score (nSPS) is 20.5. The second kappa shape index (κ2) is 6.86. The summed E-state index contributed by atoms with van der Waals surface area (Å²) in [4.78, 5) is 12.8. The number of hydrogen-bond acceptors (Lipinski definition) is 4. The third-order valence-corrected chi connectivity index (χ3v) is 5.74. The summed E-state index contributed by atoms with van der Waals surface area (Å²) in [5.74, 6) is 0.674. The molecule has 1 aliphatic carbocycles. The SMILES string of the molecule is C=C1Oc2c(C(=O)OC)c(-c3cccc(C)c3)cc(O)c2[C@@H]2C=C(C)CC[C@@H]12. The lowest BCUT2D eigenvalue weighted by molar-refractivity contribution is 0.0596. The topological polar surface area (TPSA) is 55.8 Å². The molecule has 1 heterocycles. The average molecular weight is 376 g/mol. The molecule has 4 heteroatoms. The maximum atomic E-state index is 12.8. The Morgan fingerprint density at radius 3 is 2.79 bits per heavy atom. The maximum Gasteiger partial charge on any atom is 0.342 e. The van der Waals surface area contributed by atoms with Gasteiger partial charge in [0.1, 0.15) is 22.8 Å². The summed E-state index contributed by atoms with van der Waals surface area (Å²) in [7, 11) is 1.35. The molecule has 0 fully saturated rings. The molecule has 2 aromatic rings. The quantitative estimate of drug-likeness (QED) is 0.555. The van der Waals surface area contributed by atoms with Crippen molar-refractivity contribution in [3.63, 3.8) is 0 Å². The van der Waals surface area contributed by atoms with E-state index in [1.807, 2.05) is 31.2 Å². The summed E-state index contributed by atoms with van der Waals surface area (Å²) in [6.07, 6.45) is 4.05. The van der Waals surface area contributed by atoms with E-state index in [4.69, 9.17) is 9.47 Å². The number of aryl methyl sites for hydroxylation is 1. The molecule has 1 N–H and O–H groups in total. The van der Waals surface area contributed by atoms with Gasteiger partial charge in [-0.25, -0.2) is 4.79 Å². The molecule has 0 radical (unpaired) electrons. The Kier molecular flexibility index (Phi) is 4.50.